The maximum absolute atomic E-state index is 11.5. The van der Waals surface area contributed by atoms with Gasteiger partial charge in [-0.25, -0.2) is 9.59 Å². The van der Waals surface area contributed by atoms with Crippen LogP contribution < -0.4 is 5.32 Å². The highest BCUT2D eigenvalue weighted by molar-refractivity contribution is 6.02. The highest BCUT2D eigenvalue weighted by Crippen LogP contribution is 2.26. The van der Waals surface area contributed by atoms with E-state index in [9.17, 15) is 14.4 Å². The molecule has 94 valence electrons. The first-order valence-corrected chi connectivity index (χ1v) is 5.46. The molecule has 1 saturated carbocycles. The van der Waals surface area contributed by atoms with Gasteiger partial charge in [-0.2, -0.15) is 0 Å². The lowest BCUT2D eigenvalue weighted by atomic mass is 9.85. The topological polar surface area (TPSA) is 86.7 Å². The van der Waals surface area contributed by atoms with Gasteiger partial charge in [0.1, 0.15) is 0 Å². The van der Waals surface area contributed by atoms with Gasteiger partial charge in [0, 0.05) is 25.7 Å². The molecule has 0 spiro atoms. The predicted molar refractivity (Wildman–Crippen MR) is 60.3 cm³/mol. The smallest absolute Gasteiger partial charge is 0.328 e. The van der Waals surface area contributed by atoms with E-state index in [1.807, 2.05) is 0 Å². The minimum atomic E-state index is -1.23. The molecule has 1 rings (SSSR count). The summed E-state index contributed by atoms with van der Waals surface area (Å²) in [5.41, 5.74) is 0. The Hall–Kier alpha value is -1.85. The second kappa shape index (κ2) is 6.03. The Morgan fingerprint density at radius 2 is 2.00 bits per heavy atom. The third-order valence-corrected chi connectivity index (χ3v) is 2.71. The molecule has 0 radical (unpaired) electrons. The maximum atomic E-state index is 11.5. The lowest BCUT2D eigenvalue weighted by Gasteiger charge is -2.29. The fraction of sp³-hybridized carbons (Fsp3) is 0.545. The van der Waals surface area contributed by atoms with Crippen molar-refractivity contribution in [3.05, 3.63) is 12.2 Å². The van der Waals surface area contributed by atoms with E-state index in [0.29, 0.717) is 18.5 Å². The summed E-state index contributed by atoms with van der Waals surface area (Å²) in [7, 11) is 1.61. The van der Waals surface area contributed by atoms with Gasteiger partial charge in [0.2, 0.25) is 0 Å². The minimum Gasteiger partial charge on any atom is -0.478 e. The third kappa shape index (κ3) is 4.67. The summed E-state index contributed by atoms with van der Waals surface area (Å²) in [6, 6.07) is -0.503. The maximum Gasteiger partial charge on any atom is 0.328 e. The van der Waals surface area contributed by atoms with Gasteiger partial charge >= 0.3 is 12.0 Å². The van der Waals surface area contributed by atoms with Crippen molar-refractivity contribution in [2.75, 3.05) is 13.6 Å². The van der Waals surface area contributed by atoms with Crippen LogP contribution in [-0.2, 0) is 9.59 Å². The summed E-state index contributed by atoms with van der Waals surface area (Å²) in [6.07, 6.45) is 4.93. The van der Waals surface area contributed by atoms with Crippen molar-refractivity contribution in [1.29, 1.82) is 0 Å². The molecule has 1 aliphatic rings. The first-order chi connectivity index (χ1) is 7.99. The normalized spacial score (nSPS) is 15.4. The van der Waals surface area contributed by atoms with Crippen LogP contribution in [-0.4, -0.2) is 41.5 Å². The average Bonchev–Trinajstić information content (AvgIpc) is 2.20. The minimum absolute atomic E-state index is 0.503. The lowest BCUT2D eigenvalue weighted by Crippen LogP contribution is -2.43. The Balaban J connectivity index is 2.31. The van der Waals surface area contributed by atoms with Crippen LogP contribution in [0.25, 0.3) is 0 Å². The summed E-state index contributed by atoms with van der Waals surface area (Å²) >= 11 is 0. The van der Waals surface area contributed by atoms with Crippen LogP contribution in [0.1, 0.15) is 19.3 Å². The number of imide groups is 1. The molecule has 0 atom stereocenters. The number of carboxylic acid groups (broad SMARTS) is 1. The monoisotopic (exact) mass is 240 g/mol. The summed E-state index contributed by atoms with van der Waals surface area (Å²) in [5.74, 6) is -1.43. The van der Waals surface area contributed by atoms with Crippen molar-refractivity contribution < 1.29 is 19.5 Å². The molecule has 17 heavy (non-hydrogen) atoms. The average molecular weight is 240 g/mol. The van der Waals surface area contributed by atoms with Gasteiger partial charge in [-0.05, 0) is 18.8 Å². The van der Waals surface area contributed by atoms with Gasteiger partial charge in [-0.1, -0.05) is 6.42 Å². The molecule has 0 aromatic carbocycles. The van der Waals surface area contributed by atoms with Crippen molar-refractivity contribution >= 4 is 17.9 Å². The van der Waals surface area contributed by atoms with Crippen LogP contribution >= 0.6 is 0 Å². The zero-order chi connectivity index (χ0) is 12.8. The number of aliphatic carboxylic acids is 1. The van der Waals surface area contributed by atoms with Crippen molar-refractivity contribution in [1.82, 2.24) is 10.2 Å². The number of carboxylic acids is 1. The van der Waals surface area contributed by atoms with E-state index >= 15 is 0 Å². The van der Waals surface area contributed by atoms with Crippen molar-refractivity contribution in [2.45, 2.75) is 19.3 Å². The summed E-state index contributed by atoms with van der Waals surface area (Å²) < 4.78 is 0. The van der Waals surface area contributed by atoms with E-state index < -0.39 is 17.9 Å². The molecule has 6 nitrogen and oxygen atoms in total. The Morgan fingerprint density at radius 3 is 2.47 bits per heavy atom. The molecule has 1 fully saturated rings. The highest BCUT2D eigenvalue weighted by Gasteiger charge is 2.21. The van der Waals surface area contributed by atoms with Crippen molar-refractivity contribution in [3.8, 4) is 0 Å². The Morgan fingerprint density at radius 1 is 1.35 bits per heavy atom. The Labute approximate surface area is 99.3 Å². The fourth-order valence-corrected chi connectivity index (χ4v) is 1.54. The number of hydrogen-bond donors (Lipinski definition) is 2. The van der Waals surface area contributed by atoms with E-state index in [0.717, 1.165) is 18.9 Å². The van der Waals surface area contributed by atoms with Crippen LogP contribution in [0.3, 0.4) is 0 Å². The van der Waals surface area contributed by atoms with Crippen LogP contribution in [0.15, 0.2) is 12.2 Å². The Bertz CT molecular complexity index is 347. The lowest BCUT2D eigenvalue weighted by molar-refractivity contribution is -0.131. The molecule has 0 bridgehead atoms. The van der Waals surface area contributed by atoms with Gasteiger partial charge in [0.25, 0.3) is 5.91 Å². The first-order valence-electron chi connectivity index (χ1n) is 5.46. The van der Waals surface area contributed by atoms with Crippen molar-refractivity contribution in [2.24, 2.45) is 5.92 Å². The van der Waals surface area contributed by atoms with Gasteiger partial charge < -0.3 is 10.0 Å². The molecule has 0 aliphatic heterocycles. The molecule has 0 heterocycles. The summed E-state index contributed by atoms with van der Waals surface area (Å²) in [6.45, 7) is 0.627. The molecule has 3 amide bonds. The van der Waals surface area contributed by atoms with E-state index in [1.165, 1.54) is 11.3 Å². The molecule has 0 unspecified atom stereocenters. The van der Waals surface area contributed by atoms with Crippen LogP contribution in [0.5, 0.6) is 0 Å². The standard InChI is InChI=1S/C11H16N2O4/c1-13(7-8-3-2-4-8)11(17)12-9(14)5-6-10(15)16/h5-6,8H,2-4,7H2,1H3,(H,15,16)(H,12,14,17)/b6-5+. The zero-order valence-corrected chi connectivity index (χ0v) is 9.68. The molecule has 2 N–H and O–H groups in total. The number of carbonyl (C=O) groups is 3. The predicted octanol–water partition coefficient (Wildman–Crippen LogP) is 0.595. The number of rotatable bonds is 4. The molecule has 1 aliphatic carbocycles. The molecule has 0 saturated heterocycles. The molecule has 6 heteroatoms. The van der Waals surface area contributed by atoms with Crippen LogP contribution in [0, 0.1) is 5.92 Å². The van der Waals surface area contributed by atoms with E-state index in [4.69, 9.17) is 5.11 Å². The van der Waals surface area contributed by atoms with E-state index in [-0.39, 0.29) is 0 Å². The van der Waals surface area contributed by atoms with Gasteiger partial charge in [-0.3, -0.25) is 10.1 Å². The highest BCUT2D eigenvalue weighted by atomic mass is 16.4. The number of nitrogens with one attached hydrogen (secondary N) is 1. The summed E-state index contributed by atoms with van der Waals surface area (Å²) in [5, 5.41) is 10.4. The number of nitrogens with zero attached hydrogens (tertiary/aromatic N) is 1. The molecule has 0 aromatic rings. The number of urea groups is 1. The SMILES string of the molecule is CN(CC1CCC1)C(=O)NC(=O)/C=C/C(=O)O. The van der Waals surface area contributed by atoms with Gasteiger partial charge in [-0.15, -0.1) is 0 Å². The van der Waals surface area contributed by atoms with E-state index in [1.54, 1.807) is 7.05 Å². The number of hydrogen-bond acceptors (Lipinski definition) is 3. The van der Waals surface area contributed by atoms with Gasteiger partial charge in [0.15, 0.2) is 0 Å². The quantitative estimate of drug-likeness (QED) is 0.704. The number of amides is 3. The molecule has 0 aromatic heterocycles. The third-order valence-electron chi connectivity index (χ3n) is 2.71. The summed E-state index contributed by atoms with van der Waals surface area (Å²) in [4.78, 5) is 34.2. The van der Waals surface area contributed by atoms with E-state index in [2.05, 4.69) is 5.32 Å². The Kier molecular flexibility index (Phi) is 4.68. The largest absolute Gasteiger partial charge is 0.478 e. The molecular weight excluding hydrogens is 224 g/mol. The second-order valence-corrected chi connectivity index (χ2v) is 4.14. The van der Waals surface area contributed by atoms with Crippen LogP contribution in [0.2, 0.25) is 0 Å². The zero-order valence-electron chi connectivity index (χ0n) is 9.68. The fourth-order valence-electron chi connectivity index (χ4n) is 1.54. The molecular formula is C11H16N2O4. The van der Waals surface area contributed by atoms with Crippen molar-refractivity contribution in [3.63, 3.8) is 0 Å². The van der Waals surface area contributed by atoms with Crippen LogP contribution in [0.4, 0.5) is 4.79 Å². The first kappa shape index (κ1) is 13.2. The number of carbonyl (C=O) groups excluding carboxylic acids is 2. The second-order valence-electron chi connectivity index (χ2n) is 4.14. The van der Waals surface area contributed by atoms with Gasteiger partial charge in [0.05, 0.1) is 0 Å².